The summed E-state index contributed by atoms with van der Waals surface area (Å²) in [5.41, 5.74) is 0. The summed E-state index contributed by atoms with van der Waals surface area (Å²) in [4.78, 5) is 0. The van der Waals surface area contributed by atoms with E-state index in [1.54, 1.807) is 0 Å². The Morgan fingerprint density at radius 3 is 2.50 bits per heavy atom. The summed E-state index contributed by atoms with van der Waals surface area (Å²) in [6.45, 7) is 4.76. The Kier molecular flexibility index (Phi) is 2.42. The van der Waals surface area contributed by atoms with E-state index in [-0.39, 0.29) is 0 Å². The maximum absolute atomic E-state index is 2.38. The lowest BCUT2D eigenvalue weighted by Gasteiger charge is -2.51. The highest BCUT2D eigenvalue weighted by atomic mass is 32.2. The number of hydrogen-bond donors (Lipinski definition) is 0. The Bertz CT molecular complexity index is 148. The minimum absolute atomic E-state index is 0.771. The molecule has 0 bridgehead atoms. The predicted molar refractivity (Wildman–Crippen MR) is 56.6 cm³/mol. The molecule has 1 saturated carbocycles. The molecule has 2 fully saturated rings. The largest absolute Gasteiger partial charge is 0.155 e. The van der Waals surface area contributed by atoms with Crippen LogP contribution in [0.4, 0.5) is 0 Å². The van der Waals surface area contributed by atoms with Gasteiger partial charge in [-0.2, -0.15) is 11.8 Å². The molecule has 1 heteroatoms. The maximum Gasteiger partial charge on any atom is 0.0165 e. The Balaban J connectivity index is 1.84. The van der Waals surface area contributed by atoms with Gasteiger partial charge < -0.3 is 0 Å². The van der Waals surface area contributed by atoms with E-state index in [1.165, 1.54) is 37.9 Å². The van der Waals surface area contributed by atoms with E-state index in [0.717, 1.165) is 16.6 Å². The third-order valence-electron chi connectivity index (χ3n) is 3.65. The van der Waals surface area contributed by atoms with Gasteiger partial charge in [0.2, 0.25) is 0 Å². The third-order valence-corrected chi connectivity index (χ3v) is 5.29. The molecule has 1 saturated heterocycles. The van der Waals surface area contributed by atoms with Crippen LogP contribution in [-0.2, 0) is 0 Å². The summed E-state index contributed by atoms with van der Waals surface area (Å²) in [7, 11) is 0. The fourth-order valence-electron chi connectivity index (χ4n) is 2.60. The minimum atomic E-state index is 0.771. The molecule has 1 aliphatic carbocycles. The van der Waals surface area contributed by atoms with Gasteiger partial charge >= 0.3 is 0 Å². The Morgan fingerprint density at radius 1 is 1.25 bits per heavy atom. The molecular weight excluding hydrogens is 164 g/mol. The van der Waals surface area contributed by atoms with Crippen molar-refractivity contribution in [2.24, 2.45) is 11.8 Å². The number of thioether (sulfide) groups is 1. The predicted octanol–water partition coefficient (Wildman–Crippen LogP) is 3.71. The van der Waals surface area contributed by atoms with Crippen LogP contribution in [0.2, 0.25) is 0 Å². The van der Waals surface area contributed by atoms with Crippen molar-refractivity contribution < 1.29 is 0 Å². The number of hydrogen-bond acceptors (Lipinski definition) is 1. The van der Waals surface area contributed by atoms with Crippen LogP contribution >= 0.6 is 11.8 Å². The van der Waals surface area contributed by atoms with Gasteiger partial charge in [-0.1, -0.05) is 20.3 Å². The van der Waals surface area contributed by atoms with Crippen molar-refractivity contribution in [3.05, 3.63) is 0 Å². The Hall–Kier alpha value is 0.350. The molecule has 0 unspecified atom stereocenters. The molecule has 0 atom stereocenters. The fraction of sp³-hybridized carbons (Fsp3) is 1.00. The van der Waals surface area contributed by atoms with Gasteiger partial charge in [-0.25, -0.2) is 0 Å². The quantitative estimate of drug-likeness (QED) is 0.598. The molecule has 0 amide bonds. The number of rotatable bonds is 1. The van der Waals surface area contributed by atoms with Gasteiger partial charge in [-0.15, -0.1) is 0 Å². The van der Waals surface area contributed by atoms with Gasteiger partial charge in [-0.05, 0) is 43.3 Å². The summed E-state index contributed by atoms with van der Waals surface area (Å²) < 4.78 is 0.771. The normalized spacial score (nSPS) is 41.8. The zero-order valence-corrected chi connectivity index (χ0v) is 9.12. The smallest absolute Gasteiger partial charge is 0.0165 e. The van der Waals surface area contributed by atoms with Crippen molar-refractivity contribution in [2.45, 2.75) is 50.7 Å². The third kappa shape index (κ3) is 1.53. The van der Waals surface area contributed by atoms with Crippen molar-refractivity contribution in [1.29, 1.82) is 0 Å². The highest BCUT2D eigenvalue weighted by Crippen LogP contribution is 2.55. The van der Waals surface area contributed by atoms with E-state index in [1.807, 2.05) is 0 Å². The minimum Gasteiger partial charge on any atom is -0.155 e. The summed E-state index contributed by atoms with van der Waals surface area (Å²) in [5, 5.41) is 0. The van der Waals surface area contributed by atoms with E-state index in [2.05, 4.69) is 25.6 Å². The van der Waals surface area contributed by atoms with Crippen LogP contribution < -0.4 is 0 Å². The van der Waals surface area contributed by atoms with E-state index >= 15 is 0 Å². The molecular formula is C11H20S. The molecule has 1 aliphatic heterocycles. The first-order chi connectivity index (χ1) is 5.72. The van der Waals surface area contributed by atoms with Crippen LogP contribution in [0.1, 0.15) is 46.0 Å². The zero-order chi connectivity index (χ0) is 8.60. The lowest BCUT2D eigenvalue weighted by atomic mass is 9.67. The lowest BCUT2D eigenvalue weighted by molar-refractivity contribution is 0.158. The van der Waals surface area contributed by atoms with Crippen LogP contribution in [0.5, 0.6) is 0 Å². The molecule has 0 aromatic rings. The van der Waals surface area contributed by atoms with Gasteiger partial charge in [0.15, 0.2) is 0 Å². The Morgan fingerprint density at radius 2 is 2.00 bits per heavy atom. The standard InChI is InChI=1S/C11H20S/c1-9(2)10-7-11(8-10)5-3-4-6-12-11/h9-10H,3-8H2,1-2H3. The highest BCUT2D eigenvalue weighted by molar-refractivity contribution is 8.00. The van der Waals surface area contributed by atoms with Crippen LogP contribution in [0.25, 0.3) is 0 Å². The first-order valence-corrected chi connectivity index (χ1v) is 6.34. The average Bonchev–Trinajstić information content (AvgIpc) is 2.01. The van der Waals surface area contributed by atoms with Gasteiger partial charge in [0.05, 0.1) is 0 Å². The van der Waals surface area contributed by atoms with Crippen LogP contribution in [0, 0.1) is 11.8 Å². The van der Waals surface area contributed by atoms with Crippen LogP contribution in [-0.4, -0.2) is 10.5 Å². The van der Waals surface area contributed by atoms with Gasteiger partial charge in [0, 0.05) is 4.75 Å². The molecule has 2 aliphatic rings. The molecule has 12 heavy (non-hydrogen) atoms. The van der Waals surface area contributed by atoms with Crippen LogP contribution in [0.15, 0.2) is 0 Å². The first kappa shape index (κ1) is 8.93. The van der Waals surface area contributed by atoms with Crippen molar-refractivity contribution in [3.63, 3.8) is 0 Å². The van der Waals surface area contributed by atoms with Crippen molar-refractivity contribution in [1.82, 2.24) is 0 Å². The summed E-state index contributed by atoms with van der Waals surface area (Å²) in [6, 6.07) is 0. The van der Waals surface area contributed by atoms with Crippen molar-refractivity contribution >= 4 is 11.8 Å². The lowest BCUT2D eigenvalue weighted by Crippen LogP contribution is -2.44. The molecule has 0 aromatic heterocycles. The topological polar surface area (TPSA) is 0 Å². The second-order valence-corrected chi connectivity index (χ2v) is 6.46. The molecule has 0 N–H and O–H groups in total. The van der Waals surface area contributed by atoms with E-state index in [4.69, 9.17) is 0 Å². The van der Waals surface area contributed by atoms with Gasteiger partial charge in [0.1, 0.15) is 0 Å². The molecule has 2 rings (SSSR count). The SMILES string of the molecule is CC(C)C1CC2(CCCCS2)C1. The van der Waals surface area contributed by atoms with Crippen LogP contribution in [0.3, 0.4) is 0 Å². The van der Waals surface area contributed by atoms with Crippen molar-refractivity contribution in [2.75, 3.05) is 5.75 Å². The summed E-state index contributed by atoms with van der Waals surface area (Å²) in [5.74, 6) is 3.42. The second kappa shape index (κ2) is 3.25. The maximum atomic E-state index is 2.38. The van der Waals surface area contributed by atoms with E-state index in [9.17, 15) is 0 Å². The van der Waals surface area contributed by atoms with E-state index < -0.39 is 0 Å². The van der Waals surface area contributed by atoms with Gasteiger partial charge in [-0.3, -0.25) is 0 Å². The second-order valence-electron chi connectivity index (χ2n) is 4.90. The first-order valence-electron chi connectivity index (χ1n) is 5.36. The highest BCUT2D eigenvalue weighted by Gasteiger charge is 2.45. The zero-order valence-electron chi connectivity index (χ0n) is 8.31. The van der Waals surface area contributed by atoms with Crippen molar-refractivity contribution in [3.8, 4) is 0 Å². The van der Waals surface area contributed by atoms with Gasteiger partial charge in [0.25, 0.3) is 0 Å². The monoisotopic (exact) mass is 184 g/mol. The molecule has 1 heterocycles. The summed E-state index contributed by atoms with van der Waals surface area (Å²) >= 11 is 2.27. The molecule has 1 spiro atoms. The molecule has 0 radical (unpaired) electrons. The molecule has 0 aromatic carbocycles. The molecule has 0 nitrogen and oxygen atoms in total. The average molecular weight is 184 g/mol. The Labute approximate surface area is 80.5 Å². The molecule has 70 valence electrons. The fourth-order valence-corrected chi connectivity index (χ4v) is 4.33. The summed E-state index contributed by atoms with van der Waals surface area (Å²) in [6.07, 6.45) is 7.53. The van der Waals surface area contributed by atoms with E-state index in [0.29, 0.717) is 0 Å².